The van der Waals surface area contributed by atoms with E-state index in [9.17, 15) is 9.59 Å². The number of carbonyl (C=O) groups is 2. The molecule has 22 heavy (non-hydrogen) atoms. The van der Waals surface area contributed by atoms with Crippen molar-refractivity contribution >= 4 is 27.7 Å². The normalized spacial score (nSPS) is 11.1. The average molecular weight is 359 g/mol. The van der Waals surface area contributed by atoms with E-state index in [1.54, 1.807) is 12.1 Å². The minimum atomic E-state index is -0.538. The molecule has 0 N–H and O–H groups in total. The van der Waals surface area contributed by atoms with Gasteiger partial charge in [0.1, 0.15) is 0 Å². The topological polar surface area (TPSA) is 43.4 Å². The number of esters is 1. The smallest absolute Gasteiger partial charge is 0.330 e. The van der Waals surface area contributed by atoms with Gasteiger partial charge in [-0.1, -0.05) is 70.5 Å². The Morgan fingerprint density at radius 2 is 1.59 bits per heavy atom. The molecule has 0 aromatic heterocycles. The molecular weight excluding hydrogens is 344 g/mol. The Hall–Kier alpha value is -2.20. The maximum absolute atomic E-state index is 12.4. The van der Waals surface area contributed by atoms with Gasteiger partial charge in [-0.3, -0.25) is 4.79 Å². The van der Waals surface area contributed by atoms with Gasteiger partial charge in [0.15, 0.2) is 5.78 Å². The summed E-state index contributed by atoms with van der Waals surface area (Å²) >= 11 is 3.23. The van der Waals surface area contributed by atoms with Crippen LogP contribution in [0.15, 0.2) is 66.2 Å². The fraction of sp³-hybridized carbons (Fsp3) is 0.111. The maximum Gasteiger partial charge on any atom is 0.330 e. The molecule has 0 amide bonds. The summed E-state index contributed by atoms with van der Waals surface area (Å²) in [5.41, 5.74) is 3.02. The van der Waals surface area contributed by atoms with Gasteiger partial charge in [-0.15, -0.1) is 0 Å². The predicted octanol–water partition coefficient (Wildman–Crippen LogP) is 4.03. The number of ketones is 1. The molecule has 0 unspecified atom stereocenters. The van der Waals surface area contributed by atoms with Crippen LogP contribution >= 0.6 is 15.9 Å². The zero-order chi connectivity index (χ0) is 15.9. The monoisotopic (exact) mass is 358 g/mol. The van der Waals surface area contributed by atoms with Crippen molar-refractivity contribution in [1.82, 2.24) is 0 Å². The SMILES string of the molecule is COC(=O)C=C(CBr)C(=O)c1ccc(-c2ccccc2)cc1. The number of alkyl halides is 1. The van der Waals surface area contributed by atoms with E-state index in [1.807, 2.05) is 42.5 Å². The third-order valence-electron chi connectivity index (χ3n) is 3.18. The van der Waals surface area contributed by atoms with Crippen LogP contribution in [0, 0.1) is 0 Å². The van der Waals surface area contributed by atoms with E-state index in [1.165, 1.54) is 13.2 Å². The minimum absolute atomic E-state index is 0.193. The van der Waals surface area contributed by atoms with Crippen LogP contribution in [0.1, 0.15) is 10.4 Å². The molecule has 0 heterocycles. The molecule has 0 radical (unpaired) electrons. The number of hydrogen-bond acceptors (Lipinski definition) is 3. The molecule has 0 saturated heterocycles. The number of carbonyl (C=O) groups excluding carboxylic acids is 2. The number of methoxy groups -OCH3 is 1. The zero-order valence-corrected chi connectivity index (χ0v) is 13.7. The van der Waals surface area contributed by atoms with Crippen LogP contribution in [0.3, 0.4) is 0 Å². The number of benzene rings is 2. The largest absolute Gasteiger partial charge is 0.466 e. The Labute approximate surface area is 137 Å². The molecule has 2 rings (SSSR count). The van der Waals surface area contributed by atoms with Crippen LogP contribution in [0.4, 0.5) is 0 Å². The van der Waals surface area contributed by atoms with Gasteiger partial charge in [0.05, 0.1) is 7.11 Å². The van der Waals surface area contributed by atoms with Gasteiger partial charge in [0.25, 0.3) is 0 Å². The Morgan fingerprint density at radius 1 is 1.00 bits per heavy atom. The van der Waals surface area contributed by atoms with E-state index in [-0.39, 0.29) is 5.78 Å². The van der Waals surface area contributed by atoms with Crippen molar-refractivity contribution in [2.75, 3.05) is 12.4 Å². The summed E-state index contributed by atoms with van der Waals surface area (Å²) in [6.45, 7) is 0. The van der Waals surface area contributed by atoms with Gasteiger partial charge in [-0.2, -0.15) is 0 Å². The molecule has 0 saturated carbocycles. The van der Waals surface area contributed by atoms with Crippen LogP contribution in [0.25, 0.3) is 11.1 Å². The van der Waals surface area contributed by atoms with Crippen molar-refractivity contribution in [3.8, 4) is 11.1 Å². The second-order valence-corrected chi connectivity index (χ2v) is 5.16. The third kappa shape index (κ3) is 3.92. The lowest BCUT2D eigenvalue weighted by Gasteiger charge is -2.05. The fourth-order valence-electron chi connectivity index (χ4n) is 2.00. The highest BCUT2D eigenvalue weighted by Crippen LogP contribution is 2.20. The molecule has 0 spiro atoms. The number of halogens is 1. The van der Waals surface area contributed by atoms with E-state index in [0.717, 1.165) is 11.1 Å². The van der Waals surface area contributed by atoms with E-state index >= 15 is 0 Å². The zero-order valence-electron chi connectivity index (χ0n) is 12.1. The van der Waals surface area contributed by atoms with Gasteiger partial charge >= 0.3 is 5.97 Å². The number of ether oxygens (including phenoxy) is 1. The molecule has 0 fully saturated rings. The van der Waals surface area contributed by atoms with Crippen molar-refractivity contribution in [2.24, 2.45) is 0 Å². The molecule has 0 bridgehead atoms. The first-order chi connectivity index (χ1) is 10.7. The quantitative estimate of drug-likeness (QED) is 0.350. The van der Waals surface area contributed by atoms with Gasteiger partial charge in [0.2, 0.25) is 0 Å². The van der Waals surface area contributed by atoms with Crippen molar-refractivity contribution in [2.45, 2.75) is 0 Å². The van der Waals surface area contributed by atoms with Crippen molar-refractivity contribution in [1.29, 1.82) is 0 Å². The first-order valence-electron chi connectivity index (χ1n) is 6.70. The van der Waals surface area contributed by atoms with Gasteiger partial charge in [-0.05, 0) is 11.1 Å². The molecular formula is C18H15BrO3. The lowest BCUT2D eigenvalue weighted by Crippen LogP contribution is -2.08. The fourth-order valence-corrected chi connectivity index (χ4v) is 2.41. The molecule has 0 atom stereocenters. The molecule has 112 valence electrons. The van der Waals surface area contributed by atoms with E-state index in [2.05, 4.69) is 20.7 Å². The van der Waals surface area contributed by atoms with E-state index in [0.29, 0.717) is 16.5 Å². The number of allylic oxidation sites excluding steroid dienone is 1. The summed E-state index contributed by atoms with van der Waals surface area (Å²) in [7, 11) is 1.28. The van der Waals surface area contributed by atoms with Gasteiger partial charge in [-0.25, -0.2) is 4.79 Å². The highest BCUT2D eigenvalue weighted by atomic mass is 79.9. The Morgan fingerprint density at radius 3 is 2.14 bits per heavy atom. The van der Waals surface area contributed by atoms with Gasteiger partial charge in [0, 0.05) is 22.5 Å². The summed E-state index contributed by atoms with van der Waals surface area (Å²) in [5, 5.41) is 0.293. The maximum atomic E-state index is 12.4. The molecule has 0 aliphatic carbocycles. The van der Waals surface area contributed by atoms with Crippen molar-refractivity contribution in [3.05, 3.63) is 71.8 Å². The van der Waals surface area contributed by atoms with Crippen molar-refractivity contribution in [3.63, 3.8) is 0 Å². The highest BCUT2D eigenvalue weighted by molar-refractivity contribution is 9.09. The first-order valence-corrected chi connectivity index (χ1v) is 7.82. The number of rotatable bonds is 5. The molecule has 2 aromatic carbocycles. The van der Waals surface area contributed by atoms with E-state index in [4.69, 9.17) is 0 Å². The lowest BCUT2D eigenvalue weighted by atomic mass is 10.00. The van der Waals surface area contributed by atoms with Crippen LogP contribution in [0.5, 0.6) is 0 Å². The molecule has 0 aliphatic rings. The summed E-state index contributed by atoms with van der Waals surface area (Å²) in [6.07, 6.45) is 1.21. The van der Waals surface area contributed by atoms with Crippen LogP contribution in [-0.2, 0) is 9.53 Å². The molecule has 0 aliphatic heterocycles. The second kappa shape index (κ2) is 7.71. The molecule has 4 heteroatoms. The van der Waals surface area contributed by atoms with Crippen LogP contribution < -0.4 is 0 Å². The first kappa shape index (κ1) is 16.2. The molecule has 2 aromatic rings. The van der Waals surface area contributed by atoms with Gasteiger partial charge < -0.3 is 4.74 Å². The summed E-state index contributed by atoms with van der Waals surface area (Å²) < 4.78 is 4.56. The Bertz CT molecular complexity index is 688. The average Bonchev–Trinajstić information content (AvgIpc) is 2.59. The van der Waals surface area contributed by atoms with Crippen LogP contribution in [0.2, 0.25) is 0 Å². The second-order valence-electron chi connectivity index (χ2n) is 4.60. The number of Topliss-reactive ketones (excluding diaryl/α,β-unsaturated/α-hetero) is 1. The molecule has 3 nitrogen and oxygen atoms in total. The summed E-state index contributed by atoms with van der Waals surface area (Å²) in [4.78, 5) is 23.7. The third-order valence-corrected chi connectivity index (χ3v) is 3.79. The Kier molecular flexibility index (Phi) is 5.67. The van der Waals surface area contributed by atoms with Crippen molar-refractivity contribution < 1.29 is 14.3 Å². The Balaban J connectivity index is 2.24. The standard InChI is InChI=1S/C18H15BrO3/c1-22-17(20)11-16(12-19)18(21)15-9-7-14(8-10-15)13-5-3-2-4-6-13/h2-11H,12H2,1H3. The minimum Gasteiger partial charge on any atom is -0.466 e. The number of hydrogen-bond donors (Lipinski definition) is 0. The van der Waals surface area contributed by atoms with Crippen LogP contribution in [-0.4, -0.2) is 24.2 Å². The summed E-state index contributed by atoms with van der Waals surface area (Å²) in [5.74, 6) is -0.731. The summed E-state index contributed by atoms with van der Waals surface area (Å²) in [6, 6.07) is 17.2. The predicted molar refractivity (Wildman–Crippen MR) is 90.1 cm³/mol. The van der Waals surface area contributed by atoms with E-state index < -0.39 is 5.97 Å². The highest BCUT2D eigenvalue weighted by Gasteiger charge is 2.13. The lowest BCUT2D eigenvalue weighted by molar-refractivity contribution is -0.134.